The van der Waals surface area contributed by atoms with E-state index in [0.717, 1.165) is 27.1 Å². The molecule has 0 bridgehead atoms. The number of anilines is 1. The Bertz CT molecular complexity index is 1530. The second kappa shape index (κ2) is 11.4. The highest BCUT2D eigenvalue weighted by Gasteiger charge is 2.36. The lowest BCUT2D eigenvalue weighted by Gasteiger charge is -2.36. The van der Waals surface area contributed by atoms with Crippen LogP contribution in [0.25, 0.3) is 21.5 Å². The number of benzene rings is 4. The van der Waals surface area contributed by atoms with Crippen LogP contribution in [0.3, 0.4) is 0 Å². The predicted molar refractivity (Wildman–Crippen MR) is 163 cm³/mol. The maximum Gasteiger partial charge on any atom is 0.410 e. The fourth-order valence-corrected chi connectivity index (χ4v) is 4.70. The van der Waals surface area contributed by atoms with Crippen LogP contribution in [0.15, 0.2) is 84.9 Å². The molecular formula is C32H35N3O3S. The number of likely N-dealkylation sites (N-methyl/N-ethyl adjacent to an activating group) is 1. The molecule has 2 amide bonds. The zero-order chi connectivity index (χ0) is 28.3. The van der Waals surface area contributed by atoms with Crippen molar-refractivity contribution in [3.05, 3.63) is 90.5 Å². The first kappa shape index (κ1) is 28.0. The molecule has 1 unspecified atom stereocenters. The number of rotatable bonds is 7. The van der Waals surface area contributed by atoms with Crippen LogP contribution in [0.2, 0.25) is 0 Å². The number of ether oxygens (including phenoxy) is 1. The molecule has 39 heavy (non-hydrogen) atoms. The Morgan fingerprint density at radius 3 is 1.97 bits per heavy atom. The van der Waals surface area contributed by atoms with Gasteiger partial charge in [-0.2, -0.15) is 0 Å². The Kier molecular flexibility index (Phi) is 8.21. The van der Waals surface area contributed by atoms with Crippen LogP contribution in [0.5, 0.6) is 0 Å². The van der Waals surface area contributed by atoms with Gasteiger partial charge in [0, 0.05) is 19.2 Å². The van der Waals surface area contributed by atoms with Gasteiger partial charge < -0.3 is 15.4 Å². The average Bonchev–Trinajstić information content (AvgIpc) is 2.90. The Balaban J connectivity index is 1.78. The van der Waals surface area contributed by atoms with E-state index in [9.17, 15) is 9.59 Å². The van der Waals surface area contributed by atoms with Gasteiger partial charge in [-0.05, 0) is 66.9 Å². The third-order valence-electron chi connectivity index (χ3n) is 6.72. The number of carbonyl (C=O) groups excluding carboxylic acids is 2. The Labute approximate surface area is 235 Å². The third kappa shape index (κ3) is 6.55. The van der Waals surface area contributed by atoms with Gasteiger partial charge in [0.2, 0.25) is 0 Å². The highest BCUT2D eigenvalue weighted by molar-refractivity contribution is 7.80. The molecule has 0 saturated heterocycles. The Morgan fingerprint density at radius 1 is 0.872 bits per heavy atom. The lowest BCUT2D eigenvalue weighted by molar-refractivity contribution is -0.123. The second-order valence-corrected chi connectivity index (χ2v) is 11.3. The summed E-state index contributed by atoms with van der Waals surface area (Å²) in [6.07, 6.45) is -0.295. The van der Waals surface area contributed by atoms with Crippen molar-refractivity contribution >= 4 is 56.4 Å². The first-order valence-electron chi connectivity index (χ1n) is 13.0. The molecule has 0 fully saturated rings. The quantitative estimate of drug-likeness (QED) is 0.271. The topological polar surface area (TPSA) is 75.9 Å². The molecule has 0 aliphatic carbocycles. The molecule has 0 aliphatic rings. The molecule has 7 heteroatoms. The van der Waals surface area contributed by atoms with E-state index in [4.69, 9.17) is 22.7 Å². The molecule has 0 spiro atoms. The van der Waals surface area contributed by atoms with Crippen LogP contribution in [0.1, 0.15) is 33.3 Å². The standard InChI is InChI=1S/C32H35N3O3S/c1-21(29(33)39)35(27-17-16-24-11-7-9-13-26(24)20-27)30(36)28(34(5)31(37)38-32(2,3)4)19-22-14-15-23-10-6-8-12-25(23)18-22/h6-18,20-21,28H,19H2,1-5H3,(H2,33,39)/t21?,28-/m1/s1. The number of amides is 2. The van der Waals surface area contributed by atoms with Gasteiger partial charge in [-0.1, -0.05) is 85.0 Å². The van der Waals surface area contributed by atoms with E-state index >= 15 is 0 Å². The lowest BCUT2D eigenvalue weighted by Crippen LogP contribution is -2.56. The van der Waals surface area contributed by atoms with Crippen molar-refractivity contribution in [2.24, 2.45) is 5.73 Å². The van der Waals surface area contributed by atoms with Gasteiger partial charge in [0.25, 0.3) is 5.91 Å². The maximum atomic E-state index is 14.5. The summed E-state index contributed by atoms with van der Waals surface area (Å²) in [5.74, 6) is -0.299. The molecule has 0 heterocycles. The summed E-state index contributed by atoms with van der Waals surface area (Å²) >= 11 is 5.35. The SMILES string of the molecule is CC(C(N)=S)N(C(=O)[C@@H](Cc1ccc2ccccc2c1)N(C)C(=O)OC(C)(C)C)c1ccc2ccccc2c1. The maximum absolute atomic E-state index is 14.5. The van der Waals surface area contributed by atoms with Gasteiger partial charge in [0.15, 0.2) is 0 Å². The molecule has 4 aromatic carbocycles. The van der Waals surface area contributed by atoms with Crippen LogP contribution in [0.4, 0.5) is 10.5 Å². The van der Waals surface area contributed by atoms with Gasteiger partial charge in [0.1, 0.15) is 11.6 Å². The molecular weight excluding hydrogens is 506 g/mol. The van der Waals surface area contributed by atoms with Crippen molar-refractivity contribution < 1.29 is 14.3 Å². The number of nitrogens with zero attached hydrogens (tertiary/aromatic N) is 2. The Morgan fingerprint density at radius 2 is 1.41 bits per heavy atom. The molecule has 2 N–H and O–H groups in total. The first-order valence-corrected chi connectivity index (χ1v) is 13.4. The van der Waals surface area contributed by atoms with Gasteiger partial charge in [-0.25, -0.2) is 4.79 Å². The molecule has 4 aromatic rings. The molecule has 2 atom stereocenters. The van der Waals surface area contributed by atoms with E-state index in [0.29, 0.717) is 5.69 Å². The molecule has 0 aliphatic heterocycles. The third-order valence-corrected chi connectivity index (χ3v) is 7.07. The van der Waals surface area contributed by atoms with Gasteiger partial charge in [-0.15, -0.1) is 0 Å². The van der Waals surface area contributed by atoms with E-state index in [1.807, 2.05) is 78.9 Å². The number of nitrogens with two attached hydrogens (primary N) is 1. The molecule has 0 saturated carbocycles. The summed E-state index contributed by atoms with van der Waals surface area (Å²) in [6, 6.07) is 26.4. The summed E-state index contributed by atoms with van der Waals surface area (Å²) in [7, 11) is 1.60. The summed E-state index contributed by atoms with van der Waals surface area (Å²) in [5.41, 5.74) is 6.95. The summed E-state index contributed by atoms with van der Waals surface area (Å²) in [6.45, 7) is 7.20. The summed E-state index contributed by atoms with van der Waals surface area (Å²) < 4.78 is 5.66. The van der Waals surface area contributed by atoms with E-state index in [1.165, 1.54) is 4.90 Å². The van der Waals surface area contributed by atoms with E-state index in [2.05, 4.69) is 6.07 Å². The van der Waals surface area contributed by atoms with Crippen molar-refractivity contribution in [2.45, 2.75) is 51.8 Å². The van der Waals surface area contributed by atoms with Crippen LogP contribution in [-0.2, 0) is 16.0 Å². The van der Waals surface area contributed by atoms with Gasteiger partial charge in [0.05, 0.1) is 11.0 Å². The smallest absolute Gasteiger partial charge is 0.410 e. The fourth-order valence-electron chi connectivity index (χ4n) is 4.60. The van der Waals surface area contributed by atoms with Crippen molar-refractivity contribution in [1.82, 2.24) is 4.90 Å². The average molecular weight is 542 g/mol. The molecule has 0 radical (unpaired) electrons. The van der Waals surface area contributed by atoms with Crippen LogP contribution < -0.4 is 10.6 Å². The minimum Gasteiger partial charge on any atom is -0.444 e. The Hall–Kier alpha value is -3.97. The van der Waals surface area contributed by atoms with Gasteiger partial charge in [-0.3, -0.25) is 9.69 Å². The van der Waals surface area contributed by atoms with E-state index < -0.39 is 23.8 Å². The van der Waals surface area contributed by atoms with Crippen molar-refractivity contribution in [3.8, 4) is 0 Å². The van der Waals surface area contributed by atoms with E-state index in [-0.39, 0.29) is 17.3 Å². The highest BCUT2D eigenvalue weighted by atomic mass is 32.1. The monoisotopic (exact) mass is 541 g/mol. The second-order valence-electron chi connectivity index (χ2n) is 10.8. The zero-order valence-corrected chi connectivity index (χ0v) is 23.9. The largest absolute Gasteiger partial charge is 0.444 e. The number of fused-ring (bicyclic) bond motifs is 2. The number of carbonyl (C=O) groups is 2. The minimum atomic E-state index is -0.871. The lowest BCUT2D eigenvalue weighted by atomic mass is 9.99. The molecule has 4 rings (SSSR count). The zero-order valence-electron chi connectivity index (χ0n) is 23.0. The molecule has 202 valence electrons. The van der Waals surface area contributed by atoms with Crippen molar-refractivity contribution in [3.63, 3.8) is 0 Å². The summed E-state index contributed by atoms with van der Waals surface area (Å²) in [4.78, 5) is 30.9. The van der Waals surface area contributed by atoms with Crippen molar-refractivity contribution in [1.29, 1.82) is 0 Å². The molecule has 6 nitrogen and oxygen atoms in total. The number of hydrogen-bond donors (Lipinski definition) is 1. The predicted octanol–water partition coefficient (Wildman–Crippen LogP) is 6.48. The van der Waals surface area contributed by atoms with Crippen LogP contribution in [-0.4, -0.2) is 46.6 Å². The molecule has 0 aromatic heterocycles. The van der Waals surface area contributed by atoms with Crippen molar-refractivity contribution in [2.75, 3.05) is 11.9 Å². The number of thiocarbonyl (C=S) groups is 1. The van der Waals surface area contributed by atoms with Crippen LogP contribution in [0, 0.1) is 0 Å². The summed E-state index contributed by atoms with van der Waals surface area (Å²) in [5, 5.41) is 4.19. The van der Waals surface area contributed by atoms with E-state index in [1.54, 1.807) is 39.6 Å². The normalized spacial score (nSPS) is 13.1. The first-order chi connectivity index (χ1) is 18.4. The fraction of sp³-hybridized carbons (Fsp3) is 0.281. The highest BCUT2D eigenvalue weighted by Crippen LogP contribution is 2.27. The van der Waals surface area contributed by atoms with Crippen LogP contribution >= 0.6 is 12.2 Å². The number of hydrogen-bond acceptors (Lipinski definition) is 4. The minimum absolute atomic E-state index is 0.181. The van der Waals surface area contributed by atoms with Gasteiger partial charge >= 0.3 is 6.09 Å².